The van der Waals surface area contributed by atoms with E-state index in [1.165, 1.54) is 54.5 Å². The van der Waals surface area contributed by atoms with Crippen LogP contribution >= 0.6 is 23.1 Å². The SMILES string of the molecule is OC(CSc1nnc(NC2CCCCC2)s1)c1cccc(C(F)(F)F)c1. The minimum Gasteiger partial charge on any atom is -0.388 e. The number of nitrogens with one attached hydrogen (secondary N) is 1. The highest BCUT2D eigenvalue weighted by Gasteiger charge is 2.30. The lowest BCUT2D eigenvalue weighted by atomic mass is 9.96. The molecule has 0 amide bonds. The first-order chi connectivity index (χ1) is 12.4. The van der Waals surface area contributed by atoms with E-state index in [0.717, 1.165) is 30.1 Å². The second-order valence-corrected chi connectivity index (χ2v) is 8.55. The Morgan fingerprint density at radius 2 is 2.00 bits per heavy atom. The molecule has 0 bridgehead atoms. The summed E-state index contributed by atoms with van der Waals surface area (Å²) < 4.78 is 39.0. The summed E-state index contributed by atoms with van der Waals surface area (Å²) in [5, 5.41) is 22.5. The summed E-state index contributed by atoms with van der Waals surface area (Å²) in [7, 11) is 0. The van der Waals surface area contributed by atoms with E-state index < -0.39 is 17.8 Å². The fraction of sp³-hybridized carbons (Fsp3) is 0.529. The molecule has 4 nitrogen and oxygen atoms in total. The Bertz CT molecular complexity index is 717. The van der Waals surface area contributed by atoms with E-state index in [4.69, 9.17) is 0 Å². The normalized spacial score (nSPS) is 17.2. The van der Waals surface area contributed by atoms with Crippen LogP contribution in [-0.2, 0) is 6.18 Å². The summed E-state index contributed by atoms with van der Waals surface area (Å²) >= 11 is 2.70. The third kappa shape index (κ3) is 5.34. The van der Waals surface area contributed by atoms with Crippen LogP contribution in [0.3, 0.4) is 0 Å². The van der Waals surface area contributed by atoms with Crippen LogP contribution < -0.4 is 5.32 Å². The summed E-state index contributed by atoms with van der Waals surface area (Å²) in [5.74, 6) is 0.222. The summed E-state index contributed by atoms with van der Waals surface area (Å²) in [6, 6.07) is 5.23. The maximum atomic E-state index is 12.8. The monoisotopic (exact) mass is 403 g/mol. The van der Waals surface area contributed by atoms with Crippen molar-refractivity contribution in [3.05, 3.63) is 35.4 Å². The number of alkyl halides is 3. The van der Waals surface area contributed by atoms with E-state index in [0.29, 0.717) is 10.4 Å². The Hall–Kier alpha value is -1.32. The van der Waals surface area contributed by atoms with Crippen LogP contribution in [0.1, 0.15) is 49.3 Å². The number of hydrogen-bond acceptors (Lipinski definition) is 6. The van der Waals surface area contributed by atoms with E-state index in [2.05, 4.69) is 15.5 Å². The first-order valence-corrected chi connectivity index (χ1v) is 10.3. The maximum absolute atomic E-state index is 12.8. The summed E-state index contributed by atoms with van der Waals surface area (Å²) in [4.78, 5) is 0. The summed E-state index contributed by atoms with van der Waals surface area (Å²) in [5.41, 5.74) is -0.508. The molecule has 1 heterocycles. The number of hydrogen-bond donors (Lipinski definition) is 2. The van der Waals surface area contributed by atoms with E-state index in [9.17, 15) is 18.3 Å². The number of halogens is 3. The molecule has 1 saturated carbocycles. The molecule has 0 spiro atoms. The van der Waals surface area contributed by atoms with Gasteiger partial charge in [-0.05, 0) is 30.5 Å². The van der Waals surface area contributed by atoms with Crippen molar-refractivity contribution in [3.63, 3.8) is 0 Å². The minimum absolute atomic E-state index is 0.222. The van der Waals surface area contributed by atoms with Crippen molar-refractivity contribution in [1.29, 1.82) is 0 Å². The highest BCUT2D eigenvalue weighted by atomic mass is 32.2. The summed E-state index contributed by atoms with van der Waals surface area (Å²) in [6.07, 6.45) is 0.584. The Balaban J connectivity index is 1.54. The van der Waals surface area contributed by atoms with Gasteiger partial charge >= 0.3 is 6.18 Å². The van der Waals surface area contributed by atoms with Crippen molar-refractivity contribution >= 4 is 28.2 Å². The predicted molar refractivity (Wildman–Crippen MR) is 97.5 cm³/mol. The van der Waals surface area contributed by atoms with Gasteiger partial charge in [0.15, 0.2) is 4.34 Å². The molecule has 1 aliphatic carbocycles. The van der Waals surface area contributed by atoms with Gasteiger partial charge in [-0.2, -0.15) is 13.2 Å². The van der Waals surface area contributed by atoms with Crippen LogP contribution in [0, 0.1) is 0 Å². The Labute approximate surface area is 158 Å². The average Bonchev–Trinajstić information content (AvgIpc) is 3.07. The van der Waals surface area contributed by atoms with Crippen LogP contribution in [0.5, 0.6) is 0 Å². The van der Waals surface area contributed by atoms with Gasteiger partial charge in [0.1, 0.15) is 0 Å². The number of aliphatic hydroxyl groups is 1. The van der Waals surface area contributed by atoms with Gasteiger partial charge in [0.25, 0.3) is 0 Å². The van der Waals surface area contributed by atoms with Gasteiger partial charge in [-0.3, -0.25) is 0 Å². The van der Waals surface area contributed by atoms with Crippen LogP contribution in [0.25, 0.3) is 0 Å². The van der Waals surface area contributed by atoms with Crippen LogP contribution in [-0.4, -0.2) is 27.1 Å². The fourth-order valence-corrected chi connectivity index (χ4v) is 4.74. The standard InChI is InChI=1S/C17H20F3N3OS2/c18-17(19,20)12-6-4-5-11(9-12)14(24)10-25-16-23-22-15(26-16)21-13-7-2-1-3-8-13/h4-6,9,13-14,24H,1-3,7-8,10H2,(H,21,22). The van der Waals surface area contributed by atoms with Crippen molar-refractivity contribution in [3.8, 4) is 0 Å². The summed E-state index contributed by atoms with van der Waals surface area (Å²) in [6.45, 7) is 0. The zero-order valence-electron chi connectivity index (χ0n) is 14.0. The smallest absolute Gasteiger partial charge is 0.388 e. The maximum Gasteiger partial charge on any atom is 0.416 e. The number of thioether (sulfide) groups is 1. The Kier molecular flexibility index (Phi) is 6.42. The van der Waals surface area contributed by atoms with E-state index in [1.54, 1.807) is 0 Å². The van der Waals surface area contributed by atoms with Gasteiger partial charge in [0.2, 0.25) is 5.13 Å². The third-order valence-electron chi connectivity index (χ3n) is 4.30. The number of anilines is 1. The molecule has 0 aliphatic heterocycles. The Morgan fingerprint density at radius 3 is 2.73 bits per heavy atom. The van der Waals surface area contributed by atoms with E-state index >= 15 is 0 Å². The van der Waals surface area contributed by atoms with Gasteiger partial charge in [-0.15, -0.1) is 10.2 Å². The zero-order chi connectivity index (χ0) is 18.6. The van der Waals surface area contributed by atoms with Crippen molar-refractivity contribution in [1.82, 2.24) is 10.2 Å². The molecule has 2 N–H and O–H groups in total. The minimum atomic E-state index is -4.41. The van der Waals surface area contributed by atoms with E-state index in [1.807, 2.05) is 0 Å². The average molecular weight is 403 g/mol. The molecule has 0 saturated heterocycles. The highest BCUT2D eigenvalue weighted by molar-refractivity contribution is 8.01. The van der Waals surface area contributed by atoms with Crippen LogP contribution in [0.15, 0.2) is 28.6 Å². The number of rotatable bonds is 6. The Morgan fingerprint density at radius 1 is 1.23 bits per heavy atom. The lowest BCUT2D eigenvalue weighted by Crippen LogP contribution is -2.21. The molecule has 3 rings (SSSR count). The van der Waals surface area contributed by atoms with Crippen molar-refractivity contribution in [2.45, 2.75) is 54.8 Å². The molecule has 1 aromatic carbocycles. The number of aliphatic hydroxyl groups excluding tert-OH is 1. The molecular formula is C17H20F3N3OS2. The molecule has 0 radical (unpaired) electrons. The number of nitrogens with zero attached hydrogens (tertiary/aromatic N) is 2. The predicted octanol–water partition coefficient (Wildman–Crippen LogP) is 5.13. The van der Waals surface area contributed by atoms with Gasteiger partial charge < -0.3 is 10.4 Å². The molecule has 1 atom stereocenters. The van der Waals surface area contributed by atoms with Crippen LogP contribution in [0.2, 0.25) is 0 Å². The number of aromatic nitrogens is 2. The molecule has 26 heavy (non-hydrogen) atoms. The third-order valence-corrected chi connectivity index (χ3v) is 6.37. The molecule has 1 aromatic heterocycles. The second kappa shape index (κ2) is 8.58. The first-order valence-electron chi connectivity index (χ1n) is 8.50. The quantitative estimate of drug-likeness (QED) is 0.655. The fourth-order valence-electron chi connectivity index (χ4n) is 2.92. The lowest BCUT2D eigenvalue weighted by Gasteiger charge is -2.21. The largest absolute Gasteiger partial charge is 0.416 e. The van der Waals surface area contributed by atoms with Crippen molar-refractivity contribution in [2.24, 2.45) is 0 Å². The molecule has 2 aromatic rings. The molecule has 1 aliphatic rings. The molecular weight excluding hydrogens is 383 g/mol. The van der Waals surface area contributed by atoms with Crippen molar-refractivity contribution in [2.75, 3.05) is 11.1 Å². The lowest BCUT2D eigenvalue weighted by molar-refractivity contribution is -0.137. The highest BCUT2D eigenvalue weighted by Crippen LogP contribution is 2.33. The van der Waals surface area contributed by atoms with Gasteiger partial charge in [-0.1, -0.05) is 54.5 Å². The topological polar surface area (TPSA) is 58.0 Å². The second-order valence-electron chi connectivity index (χ2n) is 6.30. The van der Waals surface area contributed by atoms with Crippen molar-refractivity contribution < 1.29 is 18.3 Å². The molecule has 9 heteroatoms. The number of benzene rings is 1. The van der Waals surface area contributed by atoms with E-state index in [-0.39, 0.29) is 11.3 Å². The molecule has 142 valence electrons. The first kappa shape index (κ1) is 19.4. The zero-order valence-corrected chi connectivity index (χ0v) is 15.6. The molecule has 1 unspecified atom stereocenters. The van der Waals surface area contributed by atoms with Gasteiger partial charge in [0.05, 0.1) is 11.7 Å². The van der Waals surface area contributed by atoms with Crippen LogP contribution in [0.4, 0.5) is 18.3 Å². The molecule has 1 fully saturated rings. The van der Waals surface area contributed by atoms with Gasteiger partial charge in [0, 0.05) is 11.8 Å². The van der Waals surface area contributed by atoms with Gasteiger partial charge in [-0.25, -0.2) is 0 Å².